The minimum atomic E-state index is -0.158. The van der Waals surface area contributed by atoms with Gasteiger partial charge in [0.15, 0.2) is 0 Å². The third-order valence-corrected chi connectivity index (χ3v) is 4.20. The number of nitrogens with zero attached hydrogens (tertiary/aromatic N) is 4. The molecule has 0 spiro atoms. The molecular formula is C17H18ClN5O. The molecule has 0 radical (unpaired) electrons. The maximum atomic E-state index is 12.3. The quantitative estimate of drug-likeness (QED) is 0.790. The molecule has 0 saturated carbocycles. The average molecular weight is 344 g/mol. The van der Waals surface area contributed by atoms with Crippen LogP contribution in [0.3, 0.4) is 0 Å². The van der Waals surface area contributed by atoms with Crippen LogP contribution in [-0.4, -0.2) is 32.3 Å². The highest BCUT2D eigenvalue weighted by atomic mass is 35.5. The van der Waals surface area contributed by atoms with Crippen molar-refractivity contribution < 1.29 is 4.79 Å². The normalized spacial score (nSPS) is 12.1. The maximum Gasteiger partial charge on any atom is 0.317 e. The molecule has 0 fully saturated rings. The molecule has 0 aliphatic heterocycles. The number of carbonyl (C=O) groups excluding carboxylic acids is 1. The Morgan fingerprint density at radius 1 is 1.29 bits per heavy atom. The second-order valence-electron chi connectivity index (χ2n) is 5.57. The number of urea groups is 1. The minimum absolute atomic E-state index is 0.0483. The largest absolute Gasteiger partial charge is 0.332 e. The number of halogens is 1. The predicted octanol–water partition coefficient (Wildman–Crippen LogP) is 3.29. The van der Waals surface area contributed by atoms with Crippen molar-refractivity contribution in [3.8, 4) is 0 Å². The zero-order chi connectivity index (χ0) is 17.1. The van der Waals surface area contributed by atoms with Crippen LogP contribution in [0.15, 0.2) is 49.1 Å². The Balaban J connectivity index is 1.63. The first kappa shape index (κ1) is 16.3. The summed E-state index contributed by atoms with van der Waals surface area (Å²) in [6, 6.07) is 7.23. The topological polar surface area (TPSA) is 62.5 Å². The lowest BCUT2D eigenvalue weighted by Gasteiger charge is -2.25. The molecule has 3 aromatic rings. The van der Waals surface area contributed by atoms with Gasteiger partial charge in [0.05, 0.1) is 23.3 Å². The third kappa shape index (κ3) is 3.49. The van der Waals surface area contributed by atoms with Crippen LogP contribution in [0.4, 0.5) is 4.79 Å². The Hall–Kier alpha value is -2.60. The number of carbonyl (C=O) groups is 1. The highest BCUT2D eigenvalue weighted by molar-refractivity contribution is 6.30. The molecule has 24 heavy (non-hydrogen) atoms. The van der Waals surface area contributed by atoms with Gasteiger partial charge in [-0.25, -0.2) is 9.78 Å². The number of aromatic nitrogens is 3. The lowest BCUT2D eigenvalue weighted by molar-refractivity contribution is 0.194. The van der Waals surface area contributed by atoms with Gasteiger partial charge in [0.25, 0.3) is 0 Å². The lowest BCUT2D eigenvalue weighted by atomic mass is 10.1. The summed E-state index contributed by atoms with van der Waals surface area (Å²) < 4.78 is 1.84. The summed E-state index contributed by atoms with van der Waals surface area (Å²) >= 11 is 5.96. The van der Waals surface area contributed by atoms with E-state index in [9.17, 15) is 4.79 Å². The van der Waals surface area contributed by atoms with E-state index in [4.69, 9.17) is 11.6 Å². The van der Waals surface area contributed by atoms with Gasteiger partial charge in [-0.2, -0.15) is 0 Å². The second-order valence-corrected chi connectivity index (χ2v) is 6.01. The summed E-state index contributed by atoms with van der Waals surface area (Å²) in [6.07, 6.45) is 7.08. The van der Waals surface area contributed by atoms with Crippen LogP contribution in [0.25, 0.3) is 5.65 Å². The van der Waals surface area contributed by atoms with Gasteiger partial charge in [-0.1, -0.05) is 11.6 Å². The number of imidazole rings is 1. The molecule has 3 rings (SSSR count). The van der Waals surface area contributed by atoms with Gasteiger partial charge in [0, 0.05) is 31.8 Å². The van der Waals surface area contributed by atoms with Crippen LogP contribution in [0, 0.1) is 0 Å². The molecule has 0 aliphatic rings. The summed E-state index contributed by atoms with van der Waals surface area (Å²) in [5.74, 6) is 0. The number of pyridine rings is 2. The van der Waals surface area contributed by atoms with Crippen LogP contribution in [0.5, 0.6) is 0 Å². The van der Waals surface area contributed by atoms with Crippen molar-refractivity contribution in [3.63, 3.8) is 0 Å². The molecule has 124 valence electrons. The van der Waals surface area contributed by atoms with Crippen molar-refractivity contribution in [2.75, 3.05) is 7.05 Å². The van der Waals surface area contributed by atoms with Gasteiger partial charge in [0.2, 0.25) is 0 Å². The van der Waals surface area contributed by atoms with E-state index in [-0.39, 0.29) is 12.1 Å². The first-order valence-electron chi connectivity index (χ1n) is 7.58. The van der Waals surface area contributed by atoms with Crippen molar-refractivity contribution in [2.45, 2.75) is 19.5 Å². The molecule has 3 aromatic heterocycles. The van der Waals surface area contributed by atoms with Crippen LogP contribution in [0.1, 0.15) is 24.2 Å². The van der Waals surface area contributed by atoms with E-state index in [0.717, 1.165) is 16.9 Å². The Morgan fingerprint density at radius 2 is 2.04 bits per heavy atom. The van der Waals surface area contributed by atoms with E-state index in [1.165, 1.54) is 0 Å². The van der Waals surface area contributed by atoms with E-state index < -0.39 is 0 Å². The van der Waals surface area contributed by atoms with Crippen molar-refractivity contribution in [1.82, 2.24) is 24.6 Å². The summed E-state index contributed by atoms with van der Waals surface area (Å²) in [5.41, 5.74) is 2.60. The number of rotatable bonds is 4. The first-order chi connectivity index (χ1) is 11.5. The molecule has 6 nitrogen and oxygen atoms in total. The van der Waals surface area contributed by atoms with Crippen molar-refractivity contribution in [3.05, 3.63) is 65.3 Å². The monoisotopic (exact) mass is 343 g/mol. The molecule has 0 bridgehead atoms. The van der Waals surface area contributed by atoms with E-state index >= 15 is 0 Å². The van der Waals surface area contributed by atoms with Crippen molar-refractivity contribution in [2.24, 2.45) is 0 Å². The fraction of sp³-hybridized carbons (Fsp3) is 0.235. The zero-order valence-corrected chi connectivity index (χ0v) is 14.2. The fourth-order valence-corrected chi connectivity index (χ4v) is 2.60. The molecular weight excluding hydrogens is 326 g/mol. The Morgan fingerprint density at radius 3 is 2.79 bits per heavy atom. The molecule has 2 amide bonds. The summed E-state index contributed by atoms with van der Waals surface area (Å²) in [4.78, 5) is 22.4. The molecule has 0 aromatic carbocycles. The van der Waals surface area contributed by atoms with Crippen LogP contribution < -0.4 is 5.32 Å². The SMILES string of the molecule is CC(c1ccncc1)N(C)C(=O)NCc1cn2cc(Cl)ccc2n1. The first-order valence-corrected chi connectivity index (χ1v) is 7.96. The van der Waals surface area contributed by atoms with Gasteiger partial charge in [0.1, 0.15) is 5.65 Å². The minimum Gasteiger partial charge on any atom is -0.332 e. The van der Waals surface area contributed by atoms with Crippen molar-refractivity contribution in [1.29, 1.82) is 0 Å². The average Bonchev–Trinajstić information content (AvgIpc) is 3.01. The fourth-order valence-electron chi connectivity index (χ4n) is 2.43. The van der Waals surface area contributed by atoms with Crippen LogP contribution in [-0.2, 0) is 6.54 Å². The lowest BCUT2D eigenvalue weighted by Crippen LogP contribution is -2.38. The van der Waals surface area contributed by atoms with Crippen LogP contribution >= 0.6 is 11.6 Å². The zero-order valence-electron chi connectivity index (χ0n) is 13.5. The van der Waals surface area contributed by atoms with Gasteiger partial charge in [-0.15, -0.1) is 0 Å². The van der Waals surface area contributed by atoms with E-state index in [1.807, 2.05) is 35.7 Å². The number of hydrogen-bond acceptors (Lipinski definition) is 3. The van der Waals surface area contributed by atoms with Gasteiger partial charge in [-0.05, 0) is 36.8 Å². The van der Waals surface area contributed by atoms with Crippen LogP contribution in [0.2, 0.25) is 5.02 Å². The molecule has 7 heteroatoms. The maximum absolute atomic E-state index is 12.3. The van der Waals surface area contributed by atoms with Gasteiger partial charge < -0.3 is 14.6 Å². The molecule has 1 N–H and O–H groups in total. The van der Waals surface area contributed by atoms with Gasteiger partial charge in [-0.3, -0.25) is 4.98 Å². The van der Waals surface area contributed by atoms with Crippen molar-refractivity contribution >= 4 is 23.3 Å². The smallest absolute Gasteiger partial charge is 0.317 e. The van der Waals surface area contributed by atoms with E-state index in [0.29, 0.717) is 11.6 Å². The van der Waals surface area contributed by atoms with E-state index in [1.54, 1.807) is 36.6 Å². The number of fused-ring (bicyclic) bond motifs is 1. The van der Waals surface area contributed by atoms with Gasteiger partial charge >= 0.3 is 6.03 Å². The summed E-state index contributed by atoms with van der Waals surface area (Å²) in [7, 11) is 1.77. The number of hydrogen-bond donors (Lipinski definition) is 1. The Labute approximate surface area is 145 Å². The molecule has 3 heterocycles. The predicted molar refractivity (Wildman–Crippen MR) is 92.9 cm³/mol. The Kier molecular flexibility index (Phi) is 4.66. The number of nitrogens with one attached hydrogen (secondary N) is 1. The highest BCUT2D eigenvalue weighted by Crippen LogP contribution is 2.17. The standard InChI is InChI=1S/C17H18ClN5O/c1-12(13-5-7-19-8-6-13)22(2)17(24)20-9-15-11-23-10-14(18)3-4-16(23)21-15/h3-8,10-12H,9H2,1-2H3,(H,20,24). The van der Waals surface area contributed by atoms with E-state index in [2.05, 4.69) is 15.3 Å². The molecule has 1 unspecified atom stereocenters. The molecule has 0 saturated heterocycles. The third-order valence-electron chi connectivity index (χ3n) is 3.98. The Bertz CT molecular complexity index is 849. The summed E-state index contributed by atoms with van der Waals surface area (Å²) in [5, 5.41) is 3.53. The number of amides is 2. The summed E-state index contributed by atoms with van der Waals surface area (Å²) in [6.45, 7) is 2.33. The second kappa shape index (κ2) is 6.88. The molecule has 0 aliphatic carbocycles. The highest BCUT2D eigenvalue weighted by Gasteiger charge is 2.17. The molecule has 1 atom stereocenters.